The van der Waals surface area contributed by atoms with E-state index in [0.29, 0.717) is 12.0 Å². The number of aliphatic carboxylic acids is 1. The molecular weight excluding hydrogens is 289 g/mol. The number of alkyl halides is 3. The fourth-order valence-corrected chi connectivity index (χ4v) is 2.05. The summed E-state index contributed by atoms with van der Waals surface area (Å²) < 4.78 is 31.7. The van der Waals surface area contributed by atoms with E-state index in [2.05, 4.69) is 19.2 Å². The average Bonchev–Trinajstić information content (AvgIpc) is 2.36. The predicted octanol–water partition coefficient (Wildman–Crippen LogP) is 1.88. The van der Waals surface area contributed by atoms with Crippen molar-refractivity contribution in [3.63, 3.8) is 0 Å². The van der Waals surface area contributed by atoms with Crippen LogP contribution in [0.5, 0.6) is 0 Å². The summed E-state index contributed by atoms with van der Waals surface area (Å²) in [6.07, 6.45) is -2.88. The lowest BCUT2D eigenvalue weighted by Crippen LogP contribution is -2.46. The first-order valence-corrected chi connectivity index (χ1v) is 6.83. The number of piperidine rings is 1. The Balaban J connectivity index is 0.000000486. The molecule has 1 aliphatic rings. The zero-order valence-corrected chi connectivity index (χ0v) is 12.5. The summed E-state index contributed by atoms with van der Waals surface area (Å²) in [7, 11) is 0. The zero-order chi connectivity index (χ0) is 16.6. The van der Waals surface area contributed by atoms with Crippen molar-refractivity contribution in [2.24, 2.45) is 5.92 Å². The molecule has 0 bridgehead atoms. The highest BCUT2D eigenvalue weighted by molar-refractivity contribution is 5.73. The van der Waals surface area contributed by atoms with E-state index in [1.54, 1.807) is 6.92 Å². The Morgan fingerprint density at radius 1 is 1.29 bits per heavy atom. The molecule has 0 aromatic carbocycles. The van der Waals surface area contributed by atoms with E-state index >= 15 is 0 Å². The van der Waals surface area contributed by atoms with Crippen molar-refractivity contribution in [2.45, 2.75) is 45.8 Å². The van der Waals surface area contributed by atoms with Crippen molar-refractivity contribution in [3.05, 3.63) is 0 Å². The van der Waals surface area contributed by atoms with Crippen LogP contribution in [0.15, 0.2) is 0 Å². The lowest BCUT2D eigenvalue weighted by atomic mass is 10.0. The quantitative estimate of drug-likeness (QED) is 0.835. The number of carbonyl (C=O) groups excluding carboxylic acids is 1. The van der Waals surface area contributed by atoms with Crippen molar-refractivity contribution in [2.75, 3.05) is 19.6 Å². The van der Waals surface area contributed by atoms with E-state index in [4.69, 9.17) is 9.90 Å². The van der Waals surface area contributed by atoms with Crippen molar-refractivity contribution in [1.82, 2.24) is 10.2 Å². The van der Waals surface area contributed by atoms with E-state index in [9.17, 15) is 18.0 Å². The molecule has 0 radical (unpaired) electrons. The highest BCUT2D eigenvalue weighted by Gasteiger charge is 2.38. The largest absolute Gasteiger partial charge is 0.490 e. The van der Waals surface area contributed by atoms with E-state index in [1.807, 2.05) is 4.90 Å². The molecule has 8 heteroatoms. The van der Waals surface area contributed by atoms with E-state index in [1.165, 1.54) is 0 Å². The van der Waals surface area contributed by atoms with E-state index in [0.717, 1.165) is 32.5 Å². The monoisotopic (exact) mass is 312 g/mol. The molecule has 0 aromatic rings. The first-order valence-electron chi connectivity index (χ1n) is 6.83. The van der Waals surface area contributed by atoms with Crippen LogP contribution in [-0.4, -0.2) is 53.7 Å². The van der Waals surface area contributed by atoms with Crippen LogP contribution >= 0.6 is 0 Å². The fourth-order valence-electron chi connectivity index (χ4n) is 2.05. The Morgan fingerprint density at radius 3 is 2.00 bits per heavy atom. The van der Waals surface area contributed by atoms with Gasteiger partial charge in [-0.3, -0.25) is 4.79 Å². The van der Waals surface area contributed by atoms with E-state index < -0.39 is 12.1 Å². The number of carboxylic acids is 1. The molecule has 5 nitrogen and oxygen atoms in total. The molecule has 0 atom stereocenters. The number of nitrogens with one attached hydrogen (secondary N) is 1. The number of halogens is 3. The molecule has 0 aliphatic carbocycles. The summed E-state index contributed by atoms with van der Waals surface area (Å²) in [6, 6.07) is 0.469. The molecule has 0 saturated carbocycles. The Labute approximate surface area is 122 Å². The van der Waals surface area contributed by atoms with E-state index in [-0.39, 0.29) is 5.91 Å². The lowest BCUT2D eigenvalue weighted by molar-refractivity contribution is -0.192. The summed E-state index contributed by atoms with van der Waals surface area (Å²) >= 11 is 0. The van der Waals surface area contributed by atoms with Crippen LogP contribution < -0.4 is 5.32 Å². The minimum absolute atomic E-state index is 0.227. The smallest absolute Gasteiger partial charge is 0.475 e. The van der Waals surface area contributed by atoms with Gasteiger partial charge in [-0.1, -0.05) is 13.8 Å². The van der Waals surface area contributed by atoms with Crippen LogP contribution in [0.3, 0.4) is 0 Å². The molecule has 1 amide bonds. The van der Waals surface area contributed by atoms with Crippen molar-refractivity contribution < 1.29 is 27.9 Å². The summed E-state index contributed by atoms with van der Waals surface area (Å²) in [6.45, 7) is 9.01. The van der Waals surface area contributed by atoms with Crippen molar-refractivity contribution in [1.29, 1.82) is 0 Å². The Kier molecular flexibility index (Phi) is 8.31. The minimum Gasteiger partial charge on any atom is -0.475 e. The van der Waals surface area contributed by atoms with Gasteiger partial charge >= 0.3 is 12.1 Å². The Bertz CT molecular complexity index is 340. The molecule has 1 saturated heterocycles. The molecule has 0 unspecified atom stereocenters. The van der Waals surface area contributed by atoms with Gasteiger partial charge in [-0.05, 0) is 31.8 Å². The summed E-state index contributed by atoms with van der Waals surface area (Å²) in [4.78, 5) is 22.4. The molecule has 1 fully saturated rings. The zero-order valence-electron chi connectivity index (χ0n) is 12.5. The third kappa shape index (κ3) is 8.54. The van der Waals surface area contributed by atoms with Gasteiger partial charge in [0.05, 0.1) is 0 Å². The van der Waals surface area contributed by atoms with Crippen molar-refractivity contribution in [3.8, 4) is 0 Å². The summed E-state index contributed by atoms with van der Waals surface area (Å²) in [5.41, 5.74) is 0. The van der Waals surface area contributed by atoms with Crippen molar-refractivity contribution >= 4 is 11.9 Å². The SMILES string of the molecule is CC(=O)N(CC(C)C)C1CCNCC1.O=C(O)C(F)(F)F. The highest BCUT2D eigenvalue weighted by Crippen LogP contribution is 2.14. The Morgan fingerprint density at radius 2 is 1.71 bits per heavy atom. The maximum Gasteiger partial charge on any atom is 0.490 e. The second-order valence-corrected chi connectivity index (χ2v) is 5.35. The minimum atomic E-state index is -5.08. The molecular formula is C13H23F3N2O3. The second kappa shape index (κ2) is 8.86. The first-order chi connectivity index (χ1) is 9.55. The van der Waals surface area contributed by atoms with Crippen LogP contribution in [0.4, 0.5) is 13.2 Å². The Hall–Kier alpha value is -1.31. The van der Waals surface area contributed by atoms with Crippen LogP contribution in [0, 0.1) is 5.92 Å². The van der Waals surface area contributed by atoms with Gasteiger partial charge in [0.25, 0.3) is 0 Å². The number of carboxylic acid groups (broad SMARTS) is 1. The van der Waals surface area contributed by atoms with Gasteiger partial charge < -0.3 is 15.3 Å². The molecule has 1 rings (SSSR count). The molecule has 124 valence electrons. The molecule has 0 spiro atoms. The number of amides is 1. The third-order valence-corrected chi connectivity index (χ3v) is 2.96. The molecule has 1 aliphatic heterocycles. The normalized spacial score (nSPS) is 16.1. The second-order valence-electron chi connectivity index (χ2n) is 5.35. The lowest BCUT2D eigenvalue weighted by Gasteiger charge is -2.35. The third-order valence-electron chi connectivity index (χ3n) is 2.96. The number of nitrogens with zero attached hydrogens (tertiary/aromatic N) is 1. The van der Waals surface area contributed by atoms with Crippen LogP contribution in [0.2, 0.25) is 0 Å². The molecule has 21 heavy (non-hydrogen) atoms. The predicted molar refractivity (Wildman–Crippen MR) is 71.8 cm³/mol. The number of rotatable bonds is 3. The number of carbonyl (C=O) groups is 2. The maximum atomic E-state index is 11.5. The standard InChI is InChI=1S/C11H22N2O.C2HF3O2/c1-9(2)8-13(10(3)14)11-4-6-12-7-5-11;3-2(4,5)1(6)7/h9,11-12H,4-8H2,1-3H3;(H,6,7). The highest BCUT2D eigenvalue weighted by atomic mass is 19.4. The fraction of sp³-hybridized carbons (Fsp3) is 0.846. The number of hydrogen-bond acceptors (Lipinski definition) is 3. The van der Waals surface area contributed by atoms with Crippen LogP contribution in [0.25, 0.3) is 0 Å². The summed E-state index contributed by atoms with van der Waals surface area (Å²) in [5, 5.41) is 10.4. The summed E-state index contributed by atoms with van der Waals surface area (Å²) in [5.74, 6) is -1.97. The van der Waals surface area contributed by atoms with Gasteiger partial charge in [-0.25, -0.2) is 4.79 Å². The van der Waals surface area contributed by atoms with Gasteiger partial charge in [0.15, 0.2) is 0 Å². The van der Waals surface area contributed by atoms with Gasteiger partial charge in [0.2, 0.25) is 5.91 Å². The molecule has 2 N–H and O–H groups in total. The first kappa shape index (κ1) is 19.7. The number of hydrogen-bond donors (Lipinski definition) is 2. The van der Waals surface area contributed by atoms with Gasteiger partial charge in [-0.15, -0.1) is 0 Å². The van der Waals surface area contributed by atoms with Crippen LogP contribution in [0.1, 0.15) is 33.6 Å². The molecule has 1 heterocycles. The topological polar surface area (TPSA) is 69.6 Å². The molecule has 0 aromatic heterocycles. The van der Waals surface area contributed by atoms with Gasteiger partial charge in [-0.2, -0.15) is 13.2 Å². The maximum absolute atomic E-state index is 11.5. The van der Waals surface area contributed by atoms with Crippen LogP contribution in [-0.2, 0) is 9.59 Å². The average molecular weight is 312 g/mol. The van der Waals surface area contributed by atoms with Gasteiger partial charge in [0, 0.05) is 19.5 Å². The van der Waals surface area contributed by atoms with Gasteiger partial charge in [0.1, 0.15) is 0 Å².